The molecule has 1 fully saturated rings. The fourth-order valence-corrected chi connectivity index (χ4v) is 3.21. The van der Waals surface area contributed by atoms with Gasteiger partial charge >= 0.3 is 6.09 Å². The molecule has 0 unspecified atom stereocenters. The number of rotatable bonds is 1. The lowest BCUT2D eigenvalue weighted by Crippen LogP contribution is -2.52. The second-order valence-electron chi connectivity index (χ2n) is 5.36. The molecule has 0 bridgehead atoms. The third-order valence-corrected chi connectivity index (χ3v) is 4.16. The highest BCUT2D eigenvalue weighted by Crippen LogP contribution is 2.41. The van der Waals surface area contributed by atoms with Gasteiger partial charge in [0.25, 0.3) is 0 Å². The lowest BCUT2D eigenvalue weighted by Gasteiger charge is -2.36. The van der Waals surface area contributed by atoms with Crippen molar-refractivity contribution in [1.29, 1.82) is 0 Å². The number of alkyl carbamates (subject to hydrolysis) is 1. The summed E-state index contributed by atoms with van der Waals surface area (Å²) in [5.74, 6) is 0.602. The SMILES string of the molecule is COC(=O)NC1=NCC2(CCCC2)N1c1ccccc1. The van der Waals surface area contributed by atoms with Gasteiger partial charge in [-0.25, -0.2) is 9.79 Å². The van der Waals surface area contributed by atoms with Crippen LogP contribution in [0, 0.1) is 0 Å². The first-order valence-electron chi connectivity index (χ1n) is 7.00. The van der Waals surface area contributed by atoms with E-state index >= 15 is 0 Å². The van der Waals surface area contributed by atoms with E-state index in [0.29, 0.717) is 5.96 Å². The molecule has 1 aromatic rings. The molecular formula is C15H19N3O2. The monoisotopic (exact) mass is 273 g/mol. The van der Waals surface area contributed by atoms with Crippen LogP contribution in [0.15, 0.2) is 35.3 Å². The zero-order valence-electron chi connectivity index (χ0n) is 11.6. The molecule has 1 aromatic carbocycles. The number of guanidine groups is 1. The highest BCUT2D eigenvalue weighted by atomic mass is 16.5. The summed E-state index contributed by atoms with van der Waals surface area (Å²) >= 11 is 0. The van der Waals surface area contributed by atoms with Gasteiger partial charge in [0.15, 0.2) is 0 Å². The quantitative estimate of drug-likeness (QED) is 0.855. The molecule has 0 atom stereocenters. The third-order valence-electron chi connectivity index (χ3n) is 4.16. The number of carbonyl (C=O) groups excluding carboxylic acids is 1. The van der Waals surface area contributed by atoms with Gasteiger partial charge in [0, 0.05) is 5.69 Å². The number of nitrogens with zero attached hydrogens (tertiary/aromatic N) is 2. The maximum atomic E-state index is 11.5. The minimum absolute atomic E-state index is 0.0255. The summed E-state index contributed by atoms with van der Waals surface area (Å²) in [6.07, 6.45) is 4.17. The summed E-state index contributed by atoms with van der Waals surface area (Å²) in [4.78, 5) is 18.2. The molecule has 2 aliphatic rings. The van der Waals surface area contributed by atoms with Crippen molar-refractivity contribution in [1.82, 2.24) is 5.32 Å². The number of ether oxygens (including phenoxy) is 1. The topological polar surface area (TPSA) is 53.9 Å². The molecule has 20 heavy (non-hydrogen) atoms. The van der Waals surface area contributed by atoms with Crippen molar-refractivity contribution in [3.63, 3.8) is 0 Å². The first-order chi connectivity index (χ1) is 9.75. The third kappa shape index (κ3) is 2.13. The lowest BCUT2D eigenvalue weighted by atomic mass is 9.96. The summed E-state index contributed by atoms with van der Waals surface area (Å²) < 4.78 is 4.69. The Kier molecular flexibility index (Phi) is 3.34. The van der Waals surface area contributed by atoms with E-state index in [0.717, 1.165) is 25.1 Å². The molecule has 1 saturated carbocycles. The van der Waals surface area contributed by atoms with E-state index in [1.54, 1.807) is 0 Å². The molecule has 1 amide bonds. The molecule has 3 rings (SSSR count). The number of anilines is 1. The van der Waals surface area contributed by atoms with Crippen LogP contribution >= 0.6 is 0 Å². The maximum Gasteiger partial charge on any atom is 0.413 e. The molecule has 0 radical (unpaired) electrons. The van der Waals surface area contributed by atoms with Crippen LogP contribution in [-0.2, 0) is 4.74 Å². The standard InChI is InChI=1S/C15H19N3O2/c1-20-14(19)17-13-16-11-15(9-5-6-10-15)18(13)12-7-3-2-4-8-12/h2-4,7-8H,5-6,9-11H2,1H3,(H,16,17,19). The maximum absolute atomic E-state index is 11.5. The van der Waals surface area contributed by atoms with Gasteiger partial charge < -0.3 is 9.64 Å². The van der Waals surface area contributed by atoms with E-state index in [9.17, 15) is 4.79 Å². The van der Waals surface area contributed by atoms with Crippen molar-refractivity contribution in [3.05, 3.63) is 30.3 Å². The smallest absolute Gasteiger partial charge is 0.413 e. The summed E-state index contributed by atoms with van der Waals surface area (Å²) in [6, 6.07) is 10.1. The van der Waals surface area contributed by atoms with E-state index in [1.165, 1.54) is 20.0 Å². The van der Waals surface area contributed by atoms with E-state index in [1.807, 2.05) is 18.2 Å². The van der Waals surface area contributed by atoms with E-state index < -0.39 is 6.09 Å². The summed E-state index contributed by atoms with van der Waals surface area (Å²) in [5, 5.41) is 2.74. The minimum Gasteiger partial charge on any atom is -0.453 e. The predicted molar refractivity (Wildman–Crippen MR) is 78.0 cm³/mol. The largest absolute Gasteiger partial charge is 0.453 e. The zero-order valence-corrected chi connectivity index (χ0v) is 11.6. The van der Waals surface area contributed by atoms with Crippen LogP contribution in [0.2, 0.25) is 0 Å². The number of benzene rings is 1. The lowest BCUT2D eigenvalue weighted by molar-refractivity contribution is 0.176. The molecule has 1 spiro atoms. The van der Waals surface area contributed by atoms with Crippen molar-refractivity contribution in [2.75, 3.05) is 18.6 Å². The summed E-state index contributed by atoms with van der Waals surface area (Å²) in [7, 11) is 1.36. The Balaban J connectivity index is 1.93. The van der Waals surface area contributed by atoms with Gasteiger partial charge in [-0.2, -0.15) is 0 Å². The van der Waals surface area contributed by atoms with Crippen LogP contribution in [0.25, 0.3) is 0 Å². The van der Waals surface area contributed by atoms with E-state index in [-0.39, 0.29) is 5.54 Å². The van der Waals surface area contributed by atoms with Gasteiger partial charge in [0.1, 0.15) is 0 Å². The fraction of sp³-hybridized carbons (Fsp3) is 0.467. The molecule has 1 heterocycles. The number of para-hydroxylation sites is 1. The predicted octanol–water partition coefficient (Wildman–Crippen LogP) is 2.53. The molecule has 1 aliphatic heterocycles. The van der Waals surface area contributed by atoms with Crippen LogP contribution in [0.4, 0.5) is 10.5 Å². The Morgan fingerprint density at radius 3 is 2.65 bits per heavy atom. The van der Waals surface area contributed by atoms with Gasteiger partial charge in [-0.1, -0.05) is 31.0 Å². The first kappa shape index (κ1) is 13.0. The molecule has 1 N–H and O–H groups in total. The second-order valence-corrected chi connectivity index (χ2v) is 5.36. The Morgan fingerprint density at radius 2 is 2.00 bits per heavy atom. The van der Waals surface area contributed by atoms with Crippen LogP contribution in [0.1, 0.15) is 25.7 Å². The van der Waals surface area contributed by atoms with Crippen LogP contribution < -0.4 is 10.2 Å². The van der Waals surface area contributed by atoms with Gasteiger partial charge in [0.2, 0.25) is 5.96 Å². The molecule has 106 valence electrons. The molecule has 0 saturated heterocycles. The normalized spacial score (nSPS) is 20.1. The van der Waals surface area contributed by atoms with Crippen molar-refractivity contribution in [2.24, 2.45) is 4.99 Å². The van der Waals surface area contributed by atoms with Crippen molar-refractivity contribution in [3.8, 4) is 0 Å². The number of hydrogen-bond acceptors (Lipinski definition) is 4. The van der Waals surface area contributed by atoms with Gasteiger partial charge in [-0.3, -0.25) is 5.32 Å². The van der Waals surface area contributed by atoms with Gasteiger partial charge in [-0.15, -0.1) is 0 Å². The molecule has 1 aliphatic carbocycles. The zero-order chi connectivity index (χ0) is 14.0. The Labute approximate surface area is 118 Å². The Morgan fingerprint density at radius 1 is 1.30 bits per heavy atom. The first-order valence-corrected chi connectivity index (χ1v) is 7.00. The highest BCUT2D eigenvalue weighted by Gasteiger charge is 2.46. The number of nitrogens with one attached hydrogen (secondary N) is 1. The number of methoxy groups -OCH3 is 1. The number of hydrogen-bond donors (Lipinski definition) is 1. The number of amides is 1. The van der Waals surface area contributed by atoms with Crippen molar-refractivity contribution >= 4 is 17.7 Å². The number of aliphatic imine (C=N–C) groups is 1. The molecular weight excluding hydrogens is 254 g/mol. The van der Waals surface area contributed by atoms with Gasteiger partial charge in [0.05, 0.1) is 19.2 Å². The average Bonchev–Trinajstić information content (AvgIpc) is 3.08. The van der Waals surface area contributed by atoms with Crippen molar-refractivity contribution in [2.45, 2.75) is 31.2 Å². The van der Waals surface area contributed by atoms with E-state index in [4.69, 9.17) is 0 Å². The second kappa shape index (κ2) is 5.15. The van der Waals surface area contributed by atoms with Crippen molar-refractivity contribution < 1.29 is 9.53 Å². The average molecular weight is 273 g/mol. The van der Waals surface area contributed by atoms with Crippen LogP contribution in [-0.4, -0.2) is 31.2 Å². The van der Waals surface area contributed by atoms with Crippen LogP contribution in [0.5, 0.6) is 0 Å². The van der Waals surface area contributed by atoms with Gasteiger partial charge in [-0.05, 0) is 25.0 Å². The van der Waals surface area contributed by atoms with Crippen LogP contribution in [0.3, 0.4) is 0 Å². The highest BCUT2D eigenvalue weighted by molar-refractivity contribution is 6.06. The fourth-order valence-electron chi connectivity index (χ4n) is 3.21. The minimum atomic E-state index is -0.472. The molecule has 0 aromatic heterocycles. The summed E-state index contributed by atoms with van der Waals surface area (Å²) in [5.41, 5.74) is 1.10. The Hall–Kier alpha value is -2.04. The molecule has 5 heteroatoms. The number of carbonyl (C=O) groups is 1. The summed E-state index contributed by atoms with van der Waals surface area (Å²) in [6.45, 7) is 0.737. The van der Waals surface area contributed by atoms with E-state index in [2.05, 4.69) is 32.1 Å². The Bertz CT molecular complexity index is 521. The molecule has 5 nitrogen and oxygen atoms in total.